The van der Waals surface area contributed by atoms with Crippen molar-refractivity contribution in [3.63, 3.8) is 0 Å². The molecule has 1 saturated carbocycles. The zero-order chi connectivity index (χ0) is 25.5. The van der Waals surface area contributed by atoms with Gasteiger partial charge >= 0.3 is 0 Å². The number of fused-ring (bicyclic) bond motifs is 7. The topological polar surface area (TPSA) is 21.7 Å². The highest BCUT2D eigenvalue weighted by atomic mass is 15.2. The summed E-state index contributed by atoms with van der Waals surface area (Å²) in [7, 11) is 0. The van der Waals surface area contributed by atoms with Crippen LogP contribution in [0.25, 0.3) is 28.1 Å². The molecule has 4 aliphatic rings. The van der Waals surface area contributed by atoms with Crippen LogP contribution in [0.2, 0.25) is 0 Å². The minimum absolute atomic E-state index is 0.102. The number of pyridine rings is 1. The lowest BCUT2D eigenvalue weighted by atomic mass is 9.60. The van der Waals surface area contributed by atoms with Crippen molar-refractivity contribution in [2.24, 2.45) is 0 Å². The average Bonchev–Trinajstić information content (AvgIpc) is 3.28. The second-order valence-electron chi connectivity index (χ2n) is 11.9. The Morgan fingerprint density at radius 1 is 1.00 bits per heavy atom. The Morgan fingerprint density at radius 3 is 2.30 bits per heavy atom. The largest absolute Gasteiger partial charge is 0.297 e. The summed E-state index contributed by atoms with van der Waals surface area (Å²) in [6.07, 6.45) is 11.8. The minimum Gasteiger partial charge on any atom is -0.261 e. The summed E-state index contributed by atoms with van der Waals surface area (Å²) in [5, 5.41) is 0. The van der Waals surface area contributed by atoms with E-state index in [0.717, 1.165) is 18.5 Å². The van der Waals surface area contributed by atoms with Crippen molar-refractivity contribution in [2.45, 2.75) is 89.0 Å². The van der Waals surface area contributed by atoms with Crippen molar-refractivity contribution < 1.29 is 4.57 Å². The molecule has 3 heteroatoms. The molecule has 2 aromatic heterocycles. The van der Waals surface area contributed by atoms with E-state index in [1.165, 1.54) is 59.4 Å². The molecule has 0 saturated heterocycles. The Kier molecular flexibility index (Phi) is 4.90. The van der Waals surface area contributed by atoms with Gasteiger partial charge in [0.25, 0.3) is 5.82 Å². The second kappa shape index (κ2) is 7.90. The molecule has 1 aliphatic heterocycles. The van der Waals surface area contributed by atoms with Gasteiger partial charge in [-0.15, -0.1) is 0 Å². The molecule has 2 aromatic carbocycles. The van der Waals surface area contributed by atoms with Crippen LogP contribution in [0.1, 0.15) is 93.5 Å². The van der Waals surface area contributed by atoms with Gasteiger partial charge in [0.05, 0.1) is 5.56 Å². The van der Waals surface area contributed by atoms with E-state index in [1.54, 1.807) is 11.1 Å². The molecule has 0 radical (unpaired) electrons. The summed E-state index contributed by atoms with van der Waals surface area (Å²) >= 11 is 0. The zero-order valence-corrected chi connectivity index (χ0v) is 22.7. The van der Waals surface area contributed by atoms with E-state index >= 15 is 0 Å². The van der Waals surface area contributed by atoms with E-state index in [1.807, 2.05) is 0 Å². The molecule has 1 fully saturated rings. The fourth-order valence-electron chi connectivity index (χ4n) is 8.38. The summed E-state index contributed by atoms with van der Waals surface area (Å²) in [6, 6.07) is 18.4. The van der Waals surface area contributed by atoms with Gasteiger partial charge in [-0.05, 0) is 110 Å². The normalized spacial score (nSPS) is 27.6. The van der Waals surface area contributed by atoms with Gasteiger partial charge in [-0.1, -0.05) is 45.5 Å². The maximum Gasteiger partial charge on any atom is 0.297 e. The first-order valence-electron chi connectivity index (χ1n) is 14.3. The highest BCUT2D eigenvalue weighted by Gasteiger charge is 2.58. The Morgan fingerprint density at radius 2 is 1.68 bits per heavy atom. The fourth-order valence-corrected chi connectivity index (χ4v) is 8.38. The molecular weight excluding hydrogens is 450 g/mol. The monoisotopic (exact) mass is 488 g/mol. The van der Waals surface area contributed by atoms with Gasteiger partial charge in [0.1, 0.15) is 11.2 Å². The van der Waals surface area contributed by atoms with Crippen molar-refractivity contribution >= 4 is 11.0 Å². The average molecular weight is 489 g/mol. The lowest BCUT2D eigenvalue weighted by molar-refractivity contribution is -0.733. The third kappa shape index (κ3) is 2.78. The van der Waals surface area contributed by atoms with E-state index in [2.05, 4.69) is 104 Å². The van der Waals surface area contributed by atoms with Crippen LogP contribution >= 0.6 is 0 Å². The van der Waals surface area contributed by atoms with Crippen molar-refractivity contribution in [1.29, 1.82) is 0 Å². The molecule has 0 spiro atoms. The molecule has 0 amide bonds. The van der Waals surface area contributed by atoms with Crippen LogP contribution in [0.3, 0.4) is 0 Å². The zero-order valence-electron chi connectivity index (χ0n) is 22.7. The fraction of sp³-hybridized carbons (Fsp3) is 0.412. The van der Waals surface area contributed by atoms with E-state index in [9.17, 15) is 0 Å². The second-order valence-corrected chi connectivity index (χ2v) is 11.9. The van der Waals surface area contributed by atoms with E-state index in [4.69, 9.17) is 4.98 Å². The van der Waals surface area contributed by atoms with Gasteiger partial charge in [0.2, 0.25) is 0 Å². The van der Waals surface area contributed by atoms with Crippen molar-refractivity contribution in [3.05, 3.63) is 89.8 Å². The molecule has 188 valence electrons. The molecule has 3 heterocycles. The van der Waals surface area contributed by atoms with Crippen molar-refractivity contribution in [3.8, 4) is 17.1 Å². The number of hydrogen-bond donors (Lipinski definition) is 0. The minimum atomic E-state index is -0.252. The predicted octanol–water partition coefficient (Wildman–Crippen LogP) is 8.02. The lowest BCUT2D eigenvalue weighted by Crippen LogP contribution is -2.68. The molecule has 2 atom stereocenters. The first-order valence-corrected chi connectivity index (χ1v) is 14.3. The molecule has 3 aliphatic carbocycles. The van der Waals surface area contributed by atoms with Gasteiger partial charge in [-0.3, -0.25) is 4.98 Å². The van der Waals surface area contributed by atoms with Crippen LogP contribution in [-0.2, 0) is 11.0 Å². The lowest BCUT2D eigenvalue weighted by Gasteiger charge is -2.48. The van der Waals surface area contributed by atoms with E-state index in [0.29, 0.717) is 11.8 Å². The first-order chi connectivity index (χ1) is 18.0. The summed E-state index contributed by atoms with van der Waals surface area (Å²) in [5.41, 5.74) is 10.5. The van der Waals surface area contributed by atoms with Gasteiger partial charge in [0, 0.05) is 17.3 Å². The Bertz CT molecular complexity index is 1550. The molecule has 0 N–H and O–H groups in total. The summed E-state index contributed by atoms with van der Waals surface area (Å²) in [5.74, 6) is 2.66. The molecule has 2 unspecified atom stereocenters. The van der Waals surface area contributed by atoms with Crippen LogP contribution in [0.5, 0.6) is 0 Å². The Balaban J connectivity index is 1.71. The quantitative estimate of drug-likeness (QED) is 0.211. The molecule has 8 rings (SSSR count). The number of allylic oxidation sites excluding steroid dienone is 1. The van der Waals surface area contributed by atoms with Crippen molar-refractivity contribution in [1.82, 2.24) is 9.55 Å². The summed E-state index contributed by atoms with van der Waals surface area (Å²) in [4.78, 5) is 4.85. The van der Waals surface area contributed by atoms with Gasteiger partial charge < -0.3 is 0 Å². The number of aryl methyl sites for hydroxylation is 1. The molecule has 4 aromatic rings. The highest BCUT2D eigenvalue weighted by Crippen LogP contribution is 2.54. The standard InChI is InChI=1S/C34H38N3/c1-6-33(5)29-18-22(4)35-21-28(29)32-36(25-12-10-9-11-13-25)30-19-26-23-14-16-24(17-15-23)27(26)20-31(30)37(32)34(33,7-2)8-3/h7,9-13,18-21,23-24H,2,6,8,14-17H2,1,3-5H3/q+1. The SMILES string of the molecule is C=CC1(CC)[n+]2c(n(-c3ccccc3)c3cc4c(cc32)C2CCC4CC2)-c2cnc(C)cc2C1(C)CC. The number of rotatable bonds is 4. The maximum atomic E-state index is 4.85. The van der Waals surface area contributed by atoms with Crippen LogP contribution in [-0.4, -0.2) is 9.55 Å². The maximum absolute atomic E-state index is 4.85. The number of imidazole rings is 1. The van der Waals surface area contributed by atoms with Gasteiger partial charge in [-0.2, -0.15) is 4.57 Å². The third-order valence-corrected chi connectivity index (χ3v) is 10.5. The highest BCUT2D eigenvalue weighted by molar-refractivity contribution is 5.83. The summed E-state index contributed by atoms with van der Waals surface area (Å²) < 4.78 is 5.20. The molecule has 37 heavy (non-hydrogen) atoms. The summed E-state index contributed by atoms with van der Waals surface area (Å²) in [6.45, 7) is 13.8. The molecular formula is C34H38N3+. The van der Waals surface area contributed by atoms with E-state index < -0.39 is 0 Å². The van der Waals surface area contributed by atoms with Gasteiger partial charge in [-0.25, -0.2) is 4.57 Å². The van der Waals surface area contributed by atoms with Crippen LogP contribution in [0, 0.1) is 6.92 Å². The molecule has 3 nitrogen and oxygen atoms in total. The van der Waals surface area contributed by atoms with Gasteiger partial charge in [0.15, 0.2) is 11.0 Å². The third-order valence-electron chi connectivity index (χ3n) is 10.5. The molecule has 2 bridgehead atoms. The number of aromatic nitrogens is 3. The number of benzene rings is 2. The van der Waals surface area contributed by atoms with Crippen LogP contribution in [0.15, 0.2) is 67.4 Å². The van der Waals surface area contributed by atoms with Crippen molar-refractivity contribution in [2.75, 3.05) is 0 Å². The smallest absolute Gasteiger partial charge is 0.261 e. The Hall–Kier alpha value is -3.20. The Labute approximate surface area is 220 Å². The van der Waals surface area contributed by atoms with Crippen LogP contribution < -0.4 is 4.57 Å². The number of hydrogen-bond acceptors (Lipinski definition) is 1. The van der Waals surface area contributed by atoms with Crippen LogP contribution in [0.4, 0.5) is 0 Å². The number of para-hydroxylation sites is 1. The van der Waals surface area contributed by atoms with E-state index in [-0.39, 0.29) is 11.0 Å². The first kappa shape index (κ1) is 23.0. The predicted molar refractivity (Wildman–Crippen MR) is 151 cm³/mol. The number of nitrogens with zero attached hydrogens (tertiary/aromatic N) is 3.